The van der Waals surface area contributed by atoms with Crippen LogP contribution in [0, 0.1) is 0 Å². The van der Waals surface area contributed by atoms with Crippen molar-refractivity contribution in [2.45, 2.75) is 13.1 Å². The Labute approximate surface area is 180 Å². The summed E-state index contributed by atoms with van der Waals surface area (Å²) in [6.07, 6.45) is 0. The van der Waals surface area contributed by atoms with Crippen LogP contribution in [-0.2, 0) is 22.6 Å². The Morgan fingerprint density at radius 1 is 0.710 bits per heavy atom. The zero-order valence-electron chi connectivity index (χ0n) is 17.0. The summed E-state index contributed by atoms with van der Waals surface area (Å²) < 4.78 is 5.30. The van der Waals surface area contributed by atoms with Crippen molar-refractivity contribution in [2.24, 2.45) is 0 Å². The van der Waals surface area contributed by atoms with E-state index in [9.17, 15) is 9.59 Å². The Balaban J connectivity index is 1.44. The number of carbonyl (C=O) groups is 2. The van der Waals surface area contributed by atoms with Gasteiger partial charge in [-0.2, -0.15) is 0 Å². The van der Waals surface area contributed by atoms with Crippen molar-refractivity contribution in [1.82, 2.24) is 9.88 Å². The van der Waals surface area contributed by atoms with E-state index in [1.807, 2.05) is 91.0 Å². The van der Waals surface area contributed by atoms with Gasteiger partial charge in [0.2, 0.25) is 0 Å². The predicted molar refractivity (Wildman–Crippen MR) is 119 cm³/mol. The third kappa shape index (κ3) is 5.34. The van der Waals surface area contributed by atoms with Crippen LogP contribution in [0.15, 0.2) is 97.1 Å². The van der Waals surface area contributed by atoms with Gasteiger partial charge in [0.15, 0.2) is 6.61 Å². The predicted octanol–water partition coefficient (Wildman–Crippen LogP) is 4.62. The number of carbonyl (C=O) groups excluding carboxylic acids is 2. The number of hydrogen-bond acceptors (Lipinski definition) is 4. The lowest BCUT2D eigenvalue weighted by Gasteiger charge is -2.23. The molecule has 0 unspecified atom stereocenters. The molecule has 0 spiro atoms. The maximum Gasteiger partial charge on any atom is 0.357 e. The van der Waals surface area contributed by atoms with Crippen molar-refractivity contribution in [3.63, 3.8) is 0 Å². The fourth-order valence-electron chi connectivity index (χ4n) is 3.31. The average molecular weight is 410 g/mol. The van der Waals surface area contributed by atoms with Gasteiger partial charge in [0.05, 0.1) is 5.52 Å². The highest BCUT2D eigenvalue weighted by molar-refractivity contribution is 5.92. The van der Waals surface area contributed by atoms with Gasteiger partial charge in [-0.05, 0) is 23.3 Å². The maximum atomic E-state index is 12.9. The van der Waals surface area contributed by atoms with Crippen molar-refractivity contribution in [3.05, 3.63) is 114 Å². The van der Waals surface area contributed by atoms with E-state index in [1.165, 1.54) is 0 Å². The van der Waals surface area contributed by atoms with Crippen LogP contribution in [-0.4, -0.2) is 28.4 Å². The quantitative estimate of drug-likeness (QED) is 0.417. The largest absolute Gasteiger partial charge is 0.451 e. The number of ether oxygens (including phenoxy) is 1. The molecule has 4 rings (SSSR count). The molecular formula is C26H22N2O3. The van der Waals surface area contributed by atoms with Gasteiger partial charge in [0, 0.05) is 18.5 Å². The molecule has 0 radical (unpaired) electrons. The van der Waals surface area contributed by atoms with Gasteiger partial charge >= 0.3 is 5.97 Å². The molecule has 0 aliphatic rings. The van der Waals surface area contributed by atoms with Crippen molar-refractivity contribution < 1.29 is 14.3 Å². The number of amides is 1. The number of nitrogens with zero attached hydrogens (tertiary/aromatic N) is 2. The van der Waals surface area contributed by atoms with E-state index >= 15 is 0 Å². The lowest BCUT2D eigenvalue weighted by Crippen LogP contribution is -2.34. The first-order chi connectivity index (χ1) is 15.2. The lowest BCUT2D eigenvalue weighted by atomic mass is 10.1. The monoisotopic (exact) mass is 410 g/mol. The Hall–Kier alpha value is -3.99. The summed E-state index contributed by atoms with van der Waals surface area (Å²) in [7, 11) is 0. The second-order valence-electron chi connectivity index (χ2n) is 7.19. The molecule has 3 aromatic carbocycles. The molecule has 0 bridgehead atoms. The number of para-hydroxylation sites is 1. The molecular weight excluding hydrogens is 388 g/mol. The molecule has 4 aromatic rings. The molecule has 0 atom stereocenters. The molecule has 0 saturated heterocycles. The molecule has 5 nitrogen and oxygen atoms in total. The van der Waals surface area contributed by atoms with E-state index in [-0.39, 0.29) is 18.2 Å². The fraction of sp³-hybridized carbons (Fsp3) is 0.115. The average Bonchev–Trinajstić information content (AvgIpc) is 2.83. The number of fused-ring (bicyclic) bond motifs is 1. The van der Waals surface area contributed by atoms with E-state index in [1.54, 1.807) is 11.0 Å². The number of pyridine rings is 1. The maximum absolute atomic E-state index is 12.9. The molecule has 0 fully saturated rings. The molecule has 1 aromatic heterocycles. The summed E-state index contributed by atoms with van der Waals surface area (Å²) in [5, 5.41) is 0.937. The summed E-state index contributed by atoms with van der Waals surface area (Å²) in [5.41, 5.74) is 2.91. The molecule has 0 aliphatic carbocycles. The minimum Gasteiger partial charge on any atom is -0.451 e. The molecule has 1 amide bonds. The smallest absolute Gasteiger partial charge is 0.357 e. The summed E-state index contributed by atoms with van der Waals surface area (Å²) in [4.78, 5) is 31.4. The van der Waals surface area contributed by atoms with E-state index < -0.39 is 5.97 Å². The molecule has 0 N–H and O–H groups in total. The number of rotatable bonds is 7. The zero-order valence-corrected chi connectivity index (χ0v) is 17.0. The van der Waals surface area contributed by atoms with Crippen LogP contribution in [0.3, 0.4) is 0 Å². The van der Waals surface area contributed by atoms with Gasteiger partial charge in [-0.3, -0.25) is 4.79 Å². The van der Waals surface area contributed by atoms with Gasteiger partial charge in [-0.15, -0.1) is 0 Å². The van der Waals surface area contributed by atoms with Crippen molar-refractivity contribution in [1.29, 1.82) is 0 Å². The molecule has 5 heteroatoms. The van der Waals surface area contributed by atoms with Gasteiger partial charge in [-0.25, -0.2) is 9.78 Å². The van der Waals surface area contributed by atoms with Gasteiger partial charge in [0.25, 0.3) is 5.91 Å². The Kier molecular flexibility index (Phi) is 6.33. The van der Waals surface area contributed by atoms with Crippen LogP contribution in [0.5, 0.6) is 0 Å². The lowest BCUT2D eigenvalue weighted by molar-refractivity contribution is -0.135. The van der Waals surface area contributed by atoms with E-state index in [4.69, 9.17) is 4.74 Å². The molecule has 0 aliphatic heterocycles. The normalized spacial score (nSPS) is 10.6. The SMILES string of the molecule is O=C(OCC(=O)N(Cc1ccccc1)Cc1ccccc1)c1ccc2ccccc2n1. The minimum atomic E-state index is -0.613. The summed E-state index contributed by atoms with van der Waals surface area (Å²) in [5.74, 6) is -0.875. The zero-order chi connectivity index (χ0) is 21.5. The highest BCUT2D eigenvalue weighted by Crippen LogP contribution is 2.14. The third-order valence-corrected chi connectivity index (χ3v) is 4.92. The number of esters is 1. The Morgan fingerprint density at radius 2 is 1.29 bits per heavy atom. The first-order valence-electron chi connectivity index (χ1n) is 10.1. The standard InChI is InChI=1S/C26H22N2O3/c29-25(19-31-26(30)24-16-15-22-13-7-8-14-23(22)27-24)28(17-20-9-3-1-4-10-20)18-21-11-5-2-6-12-21/h1-16H,17-19H2. The first-order valence-corrected chi connectivity index (χ1v) is 10.1. The van der Waals surface area contributed by atoms with Crippen molar-refractivity contribution in [2.75, 3.05) is 6.61 Å². The van der Waals surface area contributed by atoms with Gasteiger partial charge in [0.1, 0.15) is 5.69 Å². The molecule has 154 valence electrons. The highest BCUT2D eigenvalue weighted by atomic mass is 16.5. The summed E-state index contributed by atoms with van der Waals surface area (Å²) in [6.45, 7) is 0.522. The van der Waals surface area contributed by atoms with Crippen LogP contribution in [0.2, 0.25) is 0 Å². The fourth-order valence-corrected chi connectivity index (χ4v) is 3.31. The number of aromatic nitrogens is 1. The molecule has 0 saturated carbocycles. The van der Waals surface area contributed by atoms with E-state index in [0.717, 1.165) is 16.5 Å². The second-order valence-corrected chi connectivity index (χ2v) is 7.19. The summed E-state index contributed by atoms with van der Waals surface area (Å²) in [6, 6.07) is 30.4. The van der Waals surface area contributed by atoms with Crippen LogP contribution in [0.25, 0.3) is 10.9 Å². The second kappa shape index (κ2) is 9.67. The van der Waals surface area contributed by atoms with E-state index in [0.29, 0.717) is 18.6 Å². The summed E-state index contributed by atoms with van der Waals surface area (Å²) >= 11 is 0. The number of benzene rings is 3. The highest BCUT2D eigenvalue weighted by Gasteiger charge is 2.18. The van der Waals surface area contributed by atoms with Crippen molar-refractivity contribution in [3.8, 4) is 0 Å². The van der Waals surface area contributed by atoms with Gasteiger partial charge < -0.3 is 9.64 Å². The van der Waals surface area contributed by atoms with Gasteiger partial charge in [-0.1, -0.05) is 84.9 Å². The molecule has 1 heterocycles. The van der Waals surface area contributed by atoms with Crippen LogP contribution < -0.4 is 0 Å². The first kappa shape index (κ1) is 20.3. The van der Waals surface area contributed by atoms with Crippen LogP contribution >= 0.6 is 0 Å². The molecule has 31 heavy (non-hydrogen) atoms. The number of hydrogen-bond donors (Lipinski definition) is 0. The Bertz CT molecular complexity index is 1140. The Morgan fingerprint density at radius 3 is 1.94 bits per heavy atom. The van der Waals surface area contributed by atoms with E-state index in [2.05, 4.69) is 4.98 Å². The van der Waals surface area contributed by atoms with Crippen LogP contribution in [0.1, 0.15) is 21.6 Å². The van der Waals surface area contributed by atoms with Crippen LogP contribution in [0.4, 0.5) is 0 Å². The van der Waals surface area contributed by atoms with Crippen molar-refractivity contribution >= 4 is 22.8 Å². The minimum absolute atomic E-state index is 0.184. The third-order valence-electron chi connectivity index (χ3n) is 4.92. The topological polar surface area (TPSA) is 59.5 Å².